The van der Waals surface area contributed by atoms with Crippen LogP contribution in [0.4, 0.5) is 5.69 Å². The predicted molar refractivity (Wildman–Crippen MR) is 77.6 cm³/mol. The number of rotatable bonds is 4. The zero-order valence-electron chi connectivity index (χ0n) is 10.9. The van der Waals surface area contributed by atoms with Gasteiger partial charge >= 0.3 is 0 Å². The van der Waals surface area contributed by atoms with Crippen LogP contribution in [0, 0.1) is 18.3 Å². The maximum absolute atomic E-state index is 12.2. The van der Waals surface area contributed by atoms with Gasteiger partial charge in [-0.15, -0.1) is 11.3 Å². The van der Waals surface area contributed by atoms with Gasteiger partial charge in [-0.2, -0.15) is 5.26 Å². The molecule has 0 saturated heterocycles. The highest BCUT2D eigenvalue weighted by Gasteiger charge is 2.18. The van der Waals surface area contributed by atoms with E-state index in [0.717, 1.165) is 16.9 Å². The molecule has 0 bridgehead atoms. The first-order valence-corrected chi connectivity index (χ1v) is 7.93. The Morgan fingerprint density at radius 3 is 2.60 bits per heavy atom. The normalized spacial score (nSPS) is 10.8. The Balaban J connectivity index is 2.31. The van der Waals surface area contributed by atoms with Crippen LogP contribution in [-0.4, -0.2) is 15.5 Å². The molecular weight excluding hydrogens is 296 g/mol. The van der Waals surface area contributed by atoms with Gasteiger partial charge < -0.3 is 4.74 Å². The number of methoxy groups -OCH3 is 1. The van der Waals surface area contributed by atoms with Gasteiger partial charge in [-0.05, 0) is 42.8 Å². The summed E-state index contributed by atoms with van der Waals surface area (Å²) in [5, 5.41) is 8.74. The summed E-state index contributed by atoms with van der Waals surface area (Å²) in [6, 6.07) is 9.89. The van der Waals surface area contributed by atoms with Crippen LogP contribution in [0.2, 0.25) is 0 Å². The lowest BCUT2D eigenvalue weighted by Gasteiger charge is -2.10. The number of hydrogen-bond donors (Lipinski definition) is 1. The molecule has 2 rings (SSSR count). The van der Waals surface area contributed by atoms with E-state index in [1.165, 1.54) is 12.1 Å². The molecule has 5 nitrogen and oxygen atoms in total. The number of nitriles is 1. The molecule has 0 aliphatic heterocycles. The van der Waals surface area contributed by atoms with Crippen molar-refractivity contribution in [1.82, 2.24) is 0 Å². The lowest BCUT2D eigenvalue weighted by Crippen LogP contribution is -2.12. The molecular formula is C13H12N2O3S2. The molecule has 0 radical (unpaired) electrons. The van der Waals surface area contributed by atoms with Crippen molar-refractivity contribution < 1.29 is 13.2 Å². The number of nitrogens with one attached hydrogen (secondary N) is 1. The zero-order valence-corrected chi connectivity index (χ0v) is 12.5. The van der Waals surface area contributed by atoms with E-state index in [0.29, 0.717) is 16.3 Å². The van der Waals surface area contributed by atoms with Gasteiger partial charge in [0, 0.05) is 0 Å². The van der Waals surface area contributed by atoms with E-state index in [2.05, 4.69) is 4.72 Å². The number of anilines is 1. The molecule has 20 heavy (non-hydrogen) atoms. The van der Waals surface area contributed by atoms with Gasteiger partial charge in [0.1, 0.15) is 20.9 Å². The van der Waals surface area contributed by atoms with Crippen molar-refractivity contribution in [2.24, 2.45) is 0 Å². The lowest BCUT2D eigenvalue weighted by atomic mass is 10.2. The second kappa shape index (κ2) is 5.53. The molecule has 2 aromatic rings. The summed E-state index contributed by atoms with van der Waals surface area (Å²) in [5.74, 6) is 0.660. The third kappa shape index (κ3) is 2.92. The number of aryl methyl sites for hydroxylation is 1. The molecule has 0 amide bonds. The number of ether oxygens (including phenoxy) is 1. The zero-order chi connectivity index (χ0) is 14.8. The molecule has 0 atom stereocenters. The van der Waals surface area contributed by atoms with Crippen molar-refractivity contribution in [3.05, 3.63) is 40.8 Å². The van der Waals surface area contributed by atoms with Gasteiger partial charge in [-0.1, -0.05) is 0 Å². The first kappa shape index (κ1) is 14.4. The Morgan fingerprint density at radius 2 is 2.05 bits per heavy atom. The largest absolute Gasteiger partial charge is 0.497 e. The summed E-state index contributed by atoms with van der Waals surface area (Å²) < 4.78 is 32.1. The van der Waals surface area contributed by atoms with Crippen molar-refractivity contribution in [2.45, 2.75) is 11.1 Å². The van der Waals surface area contributed by atoms with Crippen LogP contribution >= 0.6 is 11.3 Å². The van der Waals surface area contributed by atoms with Gasteiger partial charge in [0.2, 0.25) is 0 Å². The van der Waals surface area contributed by atoms with E-state index >= 15 is 0 Å². The number of nitrogens with zero attached hydrogens (tertiary/aromatic N) is 1. The fourth-order valence-corrected chi connectivity index (χ4v) is 3.83. The highest BCUT2D eigenvalue weighted by Crippen LogP contribution is 2.26. The minimum absolute atomic E-state index is 0.115. The molecule has 1 aromatic carbocycles. The Morgan fingerprint density at radius 1 is 1.30 bits per heavy atom. The first-order valence-electron chi connectivity index (χ1n) is 5.63. The second-order valence-electron chi connectivity index (χ2n) is 4.02. The molecule has 0 aliphatic carbocycles. The smallest absolute Gasteiger partial charge is 0.271 e. The lowest BCUT2D eigenvalue weighted by molar-refractivity contribution is 0.414. The molecule has 0 unspecified atom stereocenters. The van der Waals surface area contributed by atoms with E-state index in [1.54, 1.807) is 32.2 Å². The summed E-state index contributed by atoms with van der Waals surface area (Å²) in [4.78, 5) is 0.358. The van der Waals surface area contributed by atoms with Gasteiger partial charge in [0.25, 0.3) is 10.0 Å². The van der Waals surface area contributed by atoms with Gasteiger partial charge in [0.05, 0.1) is 12.8 Å². The summed E-state index contributed by atoms with van der Waals surface area (Å²) in [6.45, 7) is 1.79. The summed E-state index contributed by atoms with van der Waals surface area (Å²) in [5.41, 5.74) is 1.24. The summed E-state index contributed by atoms with van der Waals surface area (Å²) >= 11 is 0.936. The Labute approximate surface area is 121 Å². The van der Waals surface area contributed by atoms with Crippen molar-refractivity contribution in [1.29, 1.82) is 5.26 Å². The van der Waals surface area contributed by atoms with E-state index < -0.39 is 10.0 Å². The second-order valence-corrected chi connectivity index (χ2v) is 7.01. The highest BCUT2D eigenvalue weighted by molar-refractivity contribution is 7.94. The highest BCUT2D eigenvalue weighted by atomic mass is 32.2. The average molecular weight is 308 g/mol. The van der Waals surface area contributed by atoms with Crippen molar-refractivity contribution in [2.75, 3.05) is 11.8 Å². The van der Waals surface area contributed by atoms with Crippen molar-refractivity contribution in [3.8, 4) is 11.8 Å². The minimum Gasteiger partial charge on any atom is -0.497 e. The Bertz CT molecular complexity index is 773. The van der Waals surface area contributed by atoms with Crippen LogP contribution in [0.5, 0.6) is 5.75 Å². The predicted octanol–water partition coefficient (Wildman–Crippen LogP) is 2.74. The number of benzene rings is 1. The van der Waals surface area contributed by atoms with Crippen LogP contribution in [0.15, 0.2) is 34.5 Å². The summed E-state index contributed by atoms with van der Waals surface area (Å²) in [7, 11) is -2.12. The van der Waals surface area contributed by atoms with Crippen LogP contribution in [-0.2, 0) is 10.0 Å². The third-order valence-corrected chi connectivity index (χ3v) is 5.48. The van der Waals surface area contributed by atoms with Crippen molar-refractivity contribution >= 4 is 27.0 Å². The van der Waals surface area contributed by atoms with Crippen LogP contribution in [0.25, 0.3) is 0 Å². The Kier molecular flexibility index (Phi) is 3.97. The minimum atomic E-state index is -3.67. The maximum Gasteiger partial charge on any atom is 0.271 e. The van der Waals surface area contributed by atoms with Crippen LogP contribution in [0.1, 0.15) is 10.4 Å². The van der Waals surface area contributed by atoms with E-state index in [-0.39, 0.29) is 4.21 Å². The third-order valence-electron chi connectivity index (χ3n) is 2.63. The summed E-state index contributed by atoms with van der Waals surface area (Å²) in [6.07, 6.45) is 0. The monoisotopic (exact) mass is 308 g/mol. The van der Waals surface area contributed by atoms with Gasteiger partial charge in [-0.25, -0.2) is 8.42 Å². The maximum atomic E-state index is 12.2. The molecule has 1 heterocycles. The fourth-order valence-electron chi connectivity index (χ4n) is 1.60. The quantitative estimate of drug-likeness (QED) is 0.942. The standard InChI is InChI=1S/C13H12N2O3S2/c1-9-7-10(18-2)3-5-12(9)15-20(16,17)13-6-4-11(8-14)19-13/h3-7,15H,1-2H3. The van der Waals surface area contributed by atoms with Gasteiger partial charge in [-0.3, -0.25) is 4.72 Å². The first-order chi connectivity index (χ1) is 9.46. The van der Waals surface area contributed by atoms with Crippen LogP contribution < -0.4 is 9.46 Å². The van der Waals surface area contributed by atoms with Gasteiger partial charge in [0.15, 0.2) is 0 Å². The van der Waals surface area contributed by atoms with E-state index in [4.69, 9.17) is 10.00 Å². The van der Waals surface area contributed by atoms with E-state index in [1.807, 2.05) is 6.07 Å². The van der Waals surface area contributed by atoms with Crippen molar-refractivity contribution in [3.63, 3.8) is 0 Å². The number of hydrogen-bond acceptors (Lipinski definition) is 5. The molecule has 0 spiro atoms. The molecule has 0 fully saturated rings. The molecule has 0 aliphatic rings. The number of thiophene rings is 1. The SMILES string of the molecule is COc1ccc(NS(=O)(=O)c2ccc(C#N)s2)c(C)c1. The fraction of sp³-hybridized carbons (Fsp3) is 0.154. The molecule has 7 heteroatoms. The number of sulfonamides is 1. The topological polar surface area (TPSA) is 79.2 Å². The Hall–Kier alpha value is -2.04. The average Bonchev–Trinajstić information content (AvgIpc) is 2.90. The van der Waals surface area contributed by atoms with E-state index in [9.17, 15) is 8.42 Å². The van der Waals surface area contributed by atoms with Crippen LogP contribution in [0.3, 0.4) is 0 Å². The molecule has 104 valence electrons. The molecule has 1 N–H and O–H groups in total. The molecule has 1 aromatic heterocycles. The molecule has 0 saturated carbocycles.